The number of para-hydroxylation sites is 1. The van der Waals surface area contributed by atoms with Gasteiger partial charge in [-0.25, -0.2) is 0 Å². The van der Waals surface area contributed by atoms with Crippen molar-refractivity contribution in [2.75, 3.05) is 4.90 Å². The Bertz CT molecular complexity index is 560. The molecular formula is C17H23N3O2. The predicted molar refractivity (Wildman–Crippen MR) is 85.3 cm³/mol. The zero-order chi connectivity index (χ0) is 15.7. The van der Waals surface area contributed by atoms with Crippen LogP contribution < -0.4 is 16.0 Å². The van der Waals surface area contributed by atoms with Crippen molar-refractivity contribution < 1.29 is 9.59 Å². The molecule has 0 radical (unpaired) electrons. The molecule has 0 aromatic heterocycles. The van der Waals surface area contributed by atoms with Crippen molar-refractivity contribution >= 4 is 17.5 Å². The van der Waals surface area contributed by atoms with E-state index < -0.39 is 6.04 Å². The Labute approximate surface area is 130 Å². The summed E-state index contributed by atoms with van der Waals surface area (Å²) in [5, 5.41) is 2.94. The first-order valence-electron chi connectivity index (χ1n) is 8.00. The van der Waals surface area contributed by atoms with Crippen LogP contribution in [0.25, 0.3) is 0 Å². The van der Waals surface area contributed by atoms with Crippen LogP contribution in [-0.2, 0) is 9.59 Å². The van der Waals surface area contributed by atoms with Gasteiger partial charge in [-0.3, -0.25) is 9.59 Å². The van der Waals surface area contributed by atoms with Crippen LogP contribution in [0, 0.1) is 5.92 Å². The van der Waals surface area contributed by atoms with E-state index in [-0.39, 0.29) is 29.8 Å². The SMILES string of the molecule is CC1CC(NC(=O)C2CCC(N)C2)C(=O)N1c1ccccc1. The number of carbonyl (C=O) groups is 2. The molecule has 1 saturated carbocycles. The summed E-state index contributed by atoms with van der Waals surface area (Å²) in [5.41, 5.74) is 6.75. The molecular weight excluding hydrogens is 278 g/mol. The van der Waals surface area contributed by atoms with E-state index in [9.17, 15) is 9.59 Å². The van der Waals surface area contributed by atoms with Crippen LogP contribution in [0.15, 0.2) is 30.3 Å². The fourth-order valence-electron chi connectivity index (χ4n) is 3.57. The van der Waals surface area contributed by atoms with Crippen LogP contribution in [0.2, 0.25) is 0 Å². The molecule has 2 amide bonds. The molecule has 1 heterocycles. The smallest absolute Gasteiger partial charge is 0.249 e. The molecule has 22 heavy (non-hydrogen) atoms. The molecule has 1 aliphatic heterocycles. The van der Waals surface area contributed by atoms with Crippen molar-refractivity contribution in [1.29, 1.82) is 0 Å². The second kappa shape index (κ2) is 6.08. The highest BCUT2D eigenvalue weighted by molar-refractivity contribution is 6.02. The van der Waals surface area contributed by atoms with Crippen molar-refractivity contribution in [3.63, 3.8) is 0 Å². The normalized spacial score (nSPS) is 31.5. The van der Waals surface area contributed by atoms with Gasteiger partial charge >= 0.3 is 0 Å². The molecule has 0 spiro atoms. The molecule has 1 aromatic rings. The Morgan fingerprint density at radius 3 is 2.59 bits per heavy atom. The summed E-state index contributed by atoms with van der Waals surface area (Å²) < 4.78 is 0. The molecule has 118 valence electrons. The first-order valence-corrected chi connectivity index (χ1v) is 8.00. The Hall–Kier alpha value is -1.88. The van der Waals surface area contributed by atoms with Crippen LogP contribution in [0.4, 0.5) is 5.69 Å². The van der Waals surface area contributed by atoms with Gasteiger partial charge in [-0.1, -0.05) is 18.2 Å². The quantitative estimate of drug-likeness (QED) is 0.886. The van der Waals surface area contributed by atoms with Gasteiger partial charge in [0, 0.05) is 23.7 Å². The summed E-state index contributed by atoms with van der Waals surface area (Å²) in [6.45, 7) is 2.02. The summed E-state index contributed by atoms with van der Waals surface area (Å²) in [7, 11) is 0. The molecule has 4 unspecified atom stereocenters. The summed E-state index contributed by atoms with van der Waals surface area (Å²) in [6, 6.07) is 9.41. The lowest BCUT2D eigenvalue weighted by Gasteiger charge is -2.21. The third-order valence-corrected chi connectivity index (χ3v) is 4.75. The van der Waals surface area contributed by atoms with Crippen molar-refractivity contribution in [3.05, 3.63) is 30.3 Å². The molecule has 5 heteroatoms. The highest BCUT2D eigenvalue weighted by Gasteiger charge is 2.40. The maximum absolute atomic E-state index is 12.6. The maximum Gasteiger partial charge on any atom is 0.249 e. The van der Waals surface area contributed by atoms with Crippen molar-refractivity contribution in [2.45, 2.75) is 50.7 Å². The Kier molecular flexibility index (Phi) is 4.16. The molecule has 1 aliphatic carbocycles. The second-order valence-corrected chi connectivity index (χ2v) is 6.46. The fourth-order valence-corrected chi connectivity index (χ4v) is 3.57. The van der Waals surface area contributed by atoms with Gasteiger partial charge in [0.1, 0.15) is 6.04 Å². The molecule has 0 bridgehead atoms. The number of carbonyl (C=O) groups excluding carboxylic acids is 2. The van der Waals surface area contributed by atoms with Gasteiger partial charge in [0.2, 0.25) is 11.8 Å². The summed E-state index contributed by atoms with van der Waals surface area (Å²) >= 11 is 0. The number of nitrogens with two attached hydrogens (primary N) is 1. The van der Waals surface area contributed by atoms with E-state index in [1.807, 2.05) is 37.3 Å². The number of nitrogens with one attached hydrogen (secondary N) is 1. The van der Waals surface area contributed by atoms with Gasteiger partial charge in [-0.15, -0.1) is 0 Å². The van der Waals surface area contributed by atoms with Crippen molar-refractivity contribution in [3.8, 4) is 0 Å². The summed E-state index contributed by atoms with van der Waals surface area (Å²) in [5.74, 6) is -0.0772. The van der Waals surface area contributed by atoms with Crippen LogP contribution in [0.1, 0.15) is 32.6 Å². The van der Waals surface area contributed by atoms with E-state index in [1.165, 1.54) is 0 Å². The van der Waals surface area contributed by atoms with Crippen LogP contribution in [0.5, 0.6) is 0 Å². The minimum atomic E-state index is -0.417. The van der Waals surface area contributed by atoms with Gasteiger partial charge in [-0.05, 0) is 44.7 Å². The third kappa shape index (κ3) is 2.86. The van der Waals surface area contributed by atoms with Crippen LogP contribution in [-0.4, -0.2) is 29.9 Å². The molecule has 5 nitrogen and oxygen atoms in total. The van der Waals surface area contributed by atoms with Crippen LogP contribution in [0.3, 0.4) is 0 Å². The molecule has 3 rings (SSSR count). The van der Waals surface area contributed by atoms with E-state index >= 15 is 0 Å². The lowest BCUT2D eigenvalue weighted by Crippen LogP contribution is -2.44. The largest absolute Gasteiger partial charge is 0.344 e. The first kappa shape index (κ1) is 15.0. The average molecular weight is 301 g/mol. The van der Waals surface area contributed by atoms with E-state index in [1.54, 1.807) is 4.90 Å². The lowest BCUT2D eigenvalue weighted by atomic mass is 10.1. The topological polar surface area (TPSA) is 75.4 Å². The molecule has 1 aromatic carbocycles. The standard InChI is InChI=1S/C17H23N3O2/c1-11-9-15(19-16(21)12-7-8-13(18)10-12)17(22)20(11)14-5-3-2-4-6-14/h2-6,11-13,15H,7-10,18H2,1H3,(H,19,21). The van der Waals surface area contributed by atoms with Gasteiger partial charge in [0.15, 0.2) is 0 Å². The highest BCUT2D eigenvalue weighted by Crippen LogP contribution is 2.28. The minimum Gasteiger partial charge on any atom is -0.344 e. The highest BCUT2D eigenvalue weighted by atomic mass is 16.2. The van der Waals surface area contributed by atoms with Gasteiger partial charge in [0.05, 0.1) is 0 Å². The zero-order valence-corrected chi connectivity index (χ0v) is 12.9. The van der Waals surface area contributed by atoms with Gasteiger partial charge < -0.3 is 16.0 Å². The predicted octanol–water partition coefficient (Wildman–Crippen LogP) is 1.42. The summed E-state index contributed by atoms with van der Waals surface area (Å²) in [6.07, 6.45) is 3.10. The van der Waals surface area contributed by atoms with Crippen molar-refractivity contribution in [2.24, 2.45) is 11.7 Å². The first-order chi connectivity index (χ1) is 10.6. The number of anilines is 1. The van der Waals surface area contributed by atoms with Crippen LogP contribution >= 0.6 is 0 Å². The van der Waals surface area contributed by atoms with E-state index in [0.717, 1.165) is 24.9 Å². The molecule has 1 saturated heterocycles. The fraction of sp³-hybridized carbons (Fsp3) is 0.529. The summed E-state index contributed by atoms with van der Waals surface area (Å²) in [4.78, 5) is 26.7. The molecule has 3 N–H and O–H groups in total. The third-order valence-electron chi connectivity index (χ3n) is 4.75. The monoisotopic (exact) mass is 301 g/mol. The number of benzene rings is 1. The maximum atomic E-state index is 12.6. The molecule has 2 fully saturated rings. The number of rotatable bonds is 3. The van der Waals surface area contributed by atoms with E-state index in [0.29, 0.717) is 6.42 Å². The average Bonchev–Trinajstić information content (AvgIpc) is 3.05. The Morgan fingerprint density at radius 1 is 1.23 bits per heavy atom. The van der Waals surface area contributed by atoms with E-state index in [2.05, 4.69) is 5.32 Å². The van der Waals surface area contributed by atoms with E-state index in [4.69, 9.17) is 5.73 Å². The number of nitrogens with zero attached hydrogens (tertiary/aromatic N) is 1. The Morgan fingerprint density at radius 2 is 1.95 bits per heavy atom. The number of hydrogen-bond donors (Lipinski definition) is 2. The molecule has 4 atom stereocenters. The number of amides is 2. The Balaban J connectivity index is 1.66. The minimum absolute atomic E-state index is 0.0191. The van der Waals surface area contributed by atoms with Gasteiger partial charge in [0.25, 0.3) is 0 Å². The van der Waals surface area contributed by atoms with Gasteiger partial charge in [-0.2, -0.15) is 0 Å². The zero-order valence-electron chi connectivity index (χ0n) is 12.9. The lowest BCUT2D eigenvalue weighted by molar-refractivity contribution is -0.129. The second-order valence-electron chi connectivity index (χ2n) is 6.46. The molecule has 2 aliphatic rings. The number of hydrogen-bond acceptors (Lipinski definition) is 3. The van der Waals surface area contributed by atoms with Crippen molar-refractivity contribution in [1.82, 2.24) is 5.32 Å².